The zero-order chi connectivity index (χ0) is 11.3. The van der Waals surface area contributed by atoms with Gasteiger partial charge in [0.1, 0.15) is 0 Å². The molecule has 0 spiro atoms. The average Bonchev–Trinajstić information content (AvgIpc) is 2.37. The van der Waals surface area contributed by atoms with Crippen LogP contribution in [0.25, 0.3) is 6.08 Å². The van der Waals surface area contributed by atoms with Crippen LogP contribution in [0, 0.1) is 5.41 Å². The molecule has 0 saturated carbocycles. The highest BCUT2D eigenvalue weighted by molar-refractivity contribution is 5.34. The molecule has 0 saturated heterocycles. The van der Waals surface area contributed by atoms with Crippen LogP contribution < -0.4 is 10.7 Å². The quantitative estimate of drug-likeness (QED) is 0.632. The molecule has 0 fully saturated rings. The van der Waals surface area contributed by atoms with Crippen LogP contribution in [-0.4, -0.2) is 4.98 Å². The van der Waals surface area contributed by atoms with Crippen molar-refractivity contribution < 1.29 is 0 Å². The summed E-state index contributed by atoms with van der Waals surface area (Å²) in [5.41, 5.74) is 0.0447. The molecule has 2 heterocycles. The van der Waals surface area contributed by atoms with Gasteiger partial charge >= 0.3 is 0 Å². The summed E-state index contributed by atoms with van der Waals surface area (Å²) >= 11 is 0. The Kier molecular flexibility index (Phi) is 3.78. The van der Waals surface area contributed by atoms with E-state index in [1.54, 1.807) is 6.20 Å². The van der Waals surface area contributed by atoms with Crippen LogP contribution in [0.5, 0.6) is 0 Å². The Hall–Kier alpha value is -1.44. The minimum absolute atomic E-state index is 0.0447. The topological polar surface area (TPSA) is 25.2 Å². The van der Waals surface area contributed by atoms with Gasteiger partial charge in [-0.05, 0) is 18.2 Å². The first-order chi connectivity index (χ1) is 7.17. The molecule has 15 heavy (non-hydrogen) atoms. The molecule has 0 amide bonds. The third kappa shape index (κ3) is 3.01. The number of nitrogens with zero attached hydrogens (tertiary/aromatic N) is 2. The highest BCUT2D eigenvalue weighted by atomic mass is 14.7. The fourth-order valence-electron chi connectivity index (χ4n) is 1.34. The number of aromatic nitrogens is 1. The van der Waals surface area contributed by atoms with Crippen molar-refractivity contribution in [2.75, 3.05) is 0 Å². The Morgan fingerprint density at radius 1 is 1.20 bits per heavy atom. The molecular formula is C13H18N2. The van der Waals surface area contributed by atoms with Crippen molar-refractivity contribution in [1.82, 2.24) is 4.98 Å². The number of fused-ring (bicyclic) bond motifs is 1. The van der Waals surface area contributed by atoms with Crippen LogP contribution >= 0.6 is 0 Å². The first-order valence-electron chi connectivity index (χ1n) is 5.37. The largest absolute Gasteiger partial charge is 0.255 e. The molecule has 0 unspecified atom stereocenters. The van der Waals surface area contributed by atoms with Gasteiger partial charge in [-0.1, -0.05) is 33.8 Å². The standard InChI is InChI=1S/C11H12N2.C2H6/c1-11(2)5-7-13-9-4-3-6-12-10(9)8-11;1-2/h3-8H,1-2H3;1-2H3. The van der Waals surface area contributed by atoms with Gasteiger partial charge in [0.15, 0.2) is 0 Å². The molecule has 2 heteroatoms. The predicted molar refractivity (Wildman–Crippen MR) is 63.8 cm³/mol. The Balaban J connectivity index is 0.000000531. The molecule has 2 nitrogen and oxygen atoms in total. The maximum Gasteiger partial charge on any atom is 0.0883 e. The van der Waals surface area contributed by atoms with Crippen molar-refractivity contribution >= 4 is 6.08 Å². The Morgan fingerprint density at radius 3 is 2.67 bits per heavy atom. The van der Waals surface area contributed by atoms with E-state index in [-0.39, 0.29) is 5.41 Å². The van der Waals surface area contributed by atoms with E-state index in [0.29, 0.717) is 0 Å². The van der Waals surface area contributed by atoms with E-state index >= 15 is 0 Å². The third-order valence-electron chi connectivity index (χ3n) is 2.04. The number of pyridine rings is 1. The van der Waals surface area contributed by atoms with E-state index in [2.05, 4.69) is 36.0 Å². The summed E-state index contributed by atoms with van der Waals surface area (Å²) in [6.45, 7) is 8.28. The molecule has 0 aromatic carbocycles. The first-order valence-corrected chi connectivity index (χ1v) is 5.37. The summed E-state index contributed by atoms with van der Waals surface area (Å²) in [5.74, 6) is 0. The molecule has 0 atom stereocenters. The minimum Gasteiger partial charge on any atom is -0.255 e. The summed E-state index contributed by atoms with van der Waals surface area (Å²) in [4.78, 5) is 8.59. The number of hydrogen-bond acceptors (Lipinski definition) is 2. The summed E-state index contributed by atoms with van der Waals surface area (Å²) in [7, 11) is 0. The maximum absolute atomic E-state index is 4.31. The van der Waals surface area contributed by atoms with Gasteiger partial charge in [0.05, 0.1) is 10.7 Å². The SMILES string of the molecule is CC.CC1(C)C=CN=c2cccnc2=C1. The van der Waals surface area contributed by atoms with Crippen molar-refractivity contribution in [3.05, 3.63) is 41.3 Å². The lowest BCUT2D eigenvalue weighted by molar-refractivity contribution is 0.668. The zero-order valence-electron chi connectivity index (χ0n) is 9.86. The zero-order valence-corrected chi connectivity index (χ0v) is 9.86. The van der Waals surface area contributed by atoms with E-state index in [0.717, 1.165) is 10.7 Å². The van der Waals surface area contributed by atoms with Crippen LogP contribution in [0.1, 0.15) is 27.7 Å². The van der Waals surface area contributed by atoms with Crippen LogP contribution in [0.2, 0.25) is 0 Å². The first kappa shape index (κ1) is 11.6. The molecular weight excluding hydrogens is 184 g/mol. The fourth-order valence-corrected chi connectivity index (χ4v) is 1.34. The van der Waals surface area contributed by atoms with Crippen LogP contribution in [0.15, 0.2) is 35.6 Å². The van der Waals surface area contributed by atoms with Crippen molar-refractivity contribution in [2.45, 2.75) is 27.7 Å². The minimum atomic E-state index is 0.0447. The van der Waals surface area contributed by atoms with Gasteiger partial charge in [-0.2, -0.15) is 0 Å². The van der Waals surface area contributed by atoms with E-state index in [9.17, 15) is 0 Å². The fraction of sp³-hybridized carbons (Fsp3) is 0.385. The molecule has 0 aliphatic carbocycles. The monoisotopic (exact) mass is 202 g/mol. The molecule has 0 N–H and O–H groups in total. The highest BCUT2D eigenvalue weighted by Crippen LogP contribution is 2.18. The average molecular weight is 202 g/mol. The van der Waals surface area contributed by atoms with Gasteiger partial charge in [0.25, 0.3) is 0 Å². The lowest BCUT2D eigenvalue weighted by Crippen LogP contribution is -2.28. The second-order valence-electron chi connectivity index (χ2n) is 3.82. The molecule has 1 aromatic rings. The predicted octanol–water partition coefficient (Wildman–Crippen LogP) is 2.06. The maximum atomic E-state index is 4.31. The van der Waals surface area contributed by atoms with E-state index in [4.69, 9.17) is 0 Å². The molecule has 2 rings (SSSR count). The van der Waals surface area contributed by atoms with Gasteiger partial charge in [-0.25, -0.2) is 0 Å². The second-order valence-corrected chi connectivity index (χ2v) is 3.82. The molecule has 0 bridgehead atoms. The van der Waals surface area contributed by atoms with Crippen molar-refractivity contribution in [3.63, 3.8) is 0 Å². The van der Waals surface area contributed by atoms with Crippen LogP contribution in [-0.2, 0) is 0 Å². The van der Waals surface area contributed by atoms with Crippen LogP contribution in [0.3, 0.4) is 0 Å². The van der Waals surface area contributed by atoms with E-state index in [1.165, 1.54) is 0 Å². The Bertz CT molecular complexity index is 456. The molecule has 1 aliphatic heterocycles. The van der Waals surface area contributed by atoms with Crippen LogP contribution in [0.4, 0.5) is 0 Å². The lowest BCUT2D eigenvalue weighted by atomic mass is 9.93. The Morgan fingerprint density at radius 2 is 1.93 bits per heavy atom. The second kappa shape index (κ2) is 4.87. The van der Waals surface area contributed by atoms with Gasteiger partial charge in [-0.3, -0.25) is 9.98 Å². The summed E-state index contributed by atoms with van der Waals surface area (Å²) in [6, 6.07) is 3.88. The molecule has 1 aromatic heterocycles. The number of hydrogen-bond donors (Lipinski definition) is 0. The third-order valence-corrected chi connectivity index (χ3v) is 2.04. The molecule has 0 radical (unpaired) electrons. The van der Waals surface area contributed by atoms with Gasteiger partial charge in [-0.15, -0.1) is 0 Å². The summed E-state index contributed by atoms with van der Waals surface area (Å²) in [6.07, 6.45) is 7.86. The Labute approximate surface area is 91.1 Å². The van der Waals surface area contributed by atoms with E-state index in [1.807, 2.05) is 32.2 Å². The van der Waals surface area contributed by atoms with Crippen molar-refractivity contribution in [3.8, 4) is 0 Å². The van der Waals surface area contributed by atoms with Gasteiger partial charge in [0, 0.05) is 17.8 Å². The van der Waals surface area contributed by atoms with Gasteiger partial charge in [0.2, 0.25) is 0 Å². The molecule has 1 aliphatic rings. The highest BCUT2D eigenvalue weighted by Gasteiger charge is 2.10. The van der Waals surface area contributed by atoms with Crippen molar-refractivity contribution in [2.24, 2.45) is 10.4 Å². The normalized spacial score (nSPS) is 16.0. The molecule has 80 valence electrons. The smallest absolute Gasteiger partial charge is 0.0883 e. The number of rotatable bonds is 0. The lowest BCUT2D eigenvalue weighted by Gasteiger charge is -2.11. The van der Waals surface area contributed by atoms with Gasteiger partial charge < -0.3 is 0 Å². The van der Waals surface area contributed by atoms with Crippen molar-refractivity contribution in [1.29, 1.82) is 0 Å². The summed E-state index contributed by atoms with van der Waals surface area (Å²) in [5, 5.41) is 1.92. The van der Waals surface area contributed by atoms with E-state index < -0.39 is 0 Å². The summed E-state index contributed by atoms with van der Waals surface area (Å²) < 4.78 is 0. The number of allylic oxidation sites excluding steroid dienone is 1.